The normalized spacial score (nSPS) is 14.8. The van der Waals surface area contributed by atoms with Gasteiger partial charge in [0.25, 0.3) is 0 Å². The Morgan fingerprint density at radius 1 is 1.54 bits per heavy atom. The first kappa shape index (κ1) is 12.4. The molecule has 3 nitrogen and oxygen atoms in total. The van der Waals surface area contributed by atoms with E-state index in [1.165, 1.54) is 0 Å². The molecule has 13 heavy (non-hydrogen) atoms. The molecule has 2 atom stereocenters. The van der Waals surface area contributed by atoms with Gasteiger partial charge in [-0.25, -0.2) is 0 Å². The maximum absolute atomic E-state index is 11.4. The monoisotopic (exact) mass is 246 g/mol. The molecule has 0 saturated carbocycles. The van der Waals surface area contributed by atoms with Gasteiger partial charge in [-0.3, -0.25) is 4.79 Å². The summed E-state index contributed by atoms with van der Waals surface area (Å²) in [5, 5.41) is 11.1. The molecule has 0 aromatic carbocycles. The molecule has 0 bridgehead atoms. The summed E-state index contributed by atoms with van der Waals surface area (Å²) >= 11 is 3.29. The summed E-state index contributed by atoms with van der Waals surface area (Å²) in [6, 6.07) is 1.94. The molecule has 0 heterocycles. The summed E-state index contributed by atoms with van der Waals surface area (Å²) < 4.78 is 0. The van der Waals surface area contributed by atoms with Gasteiger partial charge in [0.1, 0.15) is 0 Å². The maximum Gasteiger partial charge on any atom is 0.234 e. The summed E-state index contributed by atoms with van der Waals surface area (Å²) in [7, 11) is 0. The van der Waals surface area contributed by atoms with Gasteiger partial charge in [-0.1, -0.05) is 29.8 Å². The number of halogens is 1. The van der Waals surface area contributed by atoms with Crippen molar-refractivity contribution in [2.45, 2.75) is 38.1 Å². The van der Waals surface area contributed by atoms with Gasteiger partial charge in [0.2, 0.25) is 5.91 Å². The van der Waals surface area contributed by atoms with Gasteiger partial charge in [-0.2, -0.15) is 5.26 Å². The lowest BCUT2D eigenvalue weighted by molar-refractivity contribution is -0.121. The van der Waals surface area contributed by atoms with Crippen LogP contribution in [0.15, 0.2) is 0 Å². The van der Waals surface area contributed by atoms with E-state index in [4.69, 9.17) is 5.26 Å². The zero-order chi connectivity index (χ0) is 10.4. The molecule has 2 unspecified atom stereocenters. The van der Waals surface area contributed by atoms with Crippen molar-refractivity contribution in [3.8, 4) is 6.07 Å². The number of amides is 1. The molecular weight excluding hydrogens is 232 g/mol. The van der Waals surface area contributed by atoms with E-state index >= 15 is 0 Å². The van der Waals surface area contributed by atoms with Crippen molar-refractivity contribution in [1.82, 2.24) is 5.32 Å². The van der Waals surface area contributed by atoms with Gasteiger partial charge in [-0.05, 0) is 12.8 Å². The van der Waals surface area contributed by atoms with Crippen LogP contribution in [-0.2, 0) is 4.79 Å². The van der Waals surface area contributed by atoms with Crippen molar-refractivity contribution in [3.63, 3.8) is 0 Å². The van der Waals surface area contributed by atoms with E-state index in [1.807, 2.05) is 26.8 Å². The lowest BCUT2D eigenvalue weighted by Gasteiger charge is -2.16. The molecule has 0 fully saturated rings. The van der Waals surface area contributed by atoms with Crippen LogP contribution in [0, 0.1) is 17.2 Å². The second-order valence-corrected chi connectivity index (χ2v) is 4.40. The van der Waals surface area contributed by atoms with Gasteiger partial charge in [-0.15, -0.1) is 0 Å². The Balaban J connectivity index is 3.94. The summed E-state index contributed by atoms with van der Waals surface area (Å²) in [5.41, 5.74) is 0. The molecule has 0 radical (unpaired) electrons. The Kier molecular flexibility index (Phi) is 5.72. The minimum atomic E-state index is -0.173. The summed E-state index contributed by atoms with van der Waals surface area (Å²) in [6.07, 6.45) is 0.351. The van der Waals surface area contributed by atoms with E-state index in [0.717, 1.165) is 0 Å². The number of hydrogen-bond donors (Lipinski definition) is 1. The van der Waals surface area contributed by atoms with Gasteiger partial charge in [0, 0.05) is 6.04 Å². The van der Waals surface area contributed by atoms with Gasteiger partial charge < -0.3 is 5.32 Å². The van der Waals surface area contributed by atoms with E-state index in [1.54, 1.807) is 0 Å². The van der Waals surface area contributed by atoms with Crippen molar-refractivity contribution in [2.75, 3.05) is 0 Å². The van der Waals surface area contributed by atoms with E-state index in [-0.39, 0.29) is 22.7 Å². The molecule has 0 aromatic rings. The molecule has 0 aromatic heterocycles. The minimum Gasteiger partial charge on any atom is -0.352 e. The SMILES string of the molecule is CC(CC#N)NC(=O)C(Br)C(C)C. The number of hydrogen-bond acceptors (Lipinski definition) is 2. The molecule has 1 amide bonds. The largest absolute Gasteiger partial charge is 0.352 e. The fourth-order valence-corrected chi connectivity index (χ4v) is 0.945. The Morgan fingerprint density at radius 2 is 2.08 bits per heavy atom. The smallest absolute Gasteiger partial charge is 0.234 e. The highest BCUT2D eigenvalue weighted by Crippen LogP contribution is 2.11. The van der Waals surface area contributed by atoms with Gasteiger partial charge >= 0.3 is 0 Å². The Hall–Kier alpha value is -0.560. The third-order valence-corrected chi connectivity index (χ3v) is 3.10. The van der Waals surface area contributed by atoms with Crippen LogP contribution in [0.5, 0.6) is 0 Å². The molecule has 74 valence electrons. The fraction of sp³-hybridized carbons (Fsp3) is 0.778. The molecule has 0 spiro atoms. The first-order chi connectivity index (χ1) is 5.99. The average Bonchev–Trinajstić information content (AvgIpc) is 2.03. The van der Waals surface area contributed by atoms with Crippen LogP contribution in [0.2, 0.25) is 0 Å². The van der Waals surface area contributed by atoms with Crippen LogP contribution < -0.4 is 5.32 Å². The van der Waals surface area contributed by atoms with Crippen molar-refractivity contribution < 1.29 is 4.79 Å². The zero-order valence-electron chi connectivity index (χ0n) is 8.17. The summed E-state index contributed by atoms with van der Waals surface area (Å²) in [5.74, 6) is 0.215. The number of carbonyl (C=O) groups is 1. The Morgan fingerprint density at radius 3 is 2.46 bits per heavy atom. The number of nitrogens with one attached hydrogen (secondary N) is 1. The number of rotatable bonds is 4. The highest BCUT2D eigenvalue weighted by molar-refractivity contribution is 9.10. The molecule has 0 saturated heterocycles. The van der Waals surface area contributed by atoms with Crippen LogP contribution in [0.25, 0.3) is 0 Å². The quantitative estimate of drug-likeness (QED) is 0.770. The predicted molar refractivity (Wildman–Crippen MR) is 55.4 cm³/mol. The summed E-state index contributed by atoms with van der Waals surface area (Å²) in [4.78, 5) is 11.2. The summed E-state index contributed by atoms with van der Waals surface area (Å²) in [6.45, 7) is 5.75. The van der Waals surface area contributed by atoms with E-state index in [0.29, 0.717) is 6.42 Å². The molecule has 1 N–H and O–H groups in total. The van der Waals surface area contributed by atoms with Crippen LogP contribution in [0.3, 0.4) is 0 Å². The zero-order valence-corrected chi connectivity index (χ0v) is 9.76. The lowest BCUT2D eigenvalue weighted by atomic mass is 10.1. The standard InChI is InChI=1S/C9H15BrN2O/c1-6(2)8(10)9(13)12-7(3)4-5-11/h6-8H,4H2,1-3H3,(H,12,13). The first-order valence-corrected chi connectivity index (χ1v) is 5.22. The molecule has 0 aliphatic carbocycles. The van der Waals surface area contributed by atoms with Crippen molar-refractivity contribution in [2.24, 2.45) is 5.92 Å². The minimum absolute atomic E-state index is 0.0437. The van der Waals surface area contributed by atoms with Crippen molar-refractivity contribution in [1.29, 1.82) is 5.26 Å². The van der Waals surface area contributed by atoms with E-state index in [9.17, 15) is 4.79 Å². The molecule has 4 heteroatoms. The maximum atomic E-state index is 11.4. The number of carbonyl (C=O) groups excluding carboxylic acids is 1. The van der Waals surface area contributed by atoms with Crippen LogP contribution in [0.1, 0.15) is 27.2 Å². The average molecular weight is 247 g/mol. The van der Waals surface area contributed by atoms with Crippen LogP contribution >= 0.6 is 15.9 Å². The highest BCUT2D eigenvalue weighted by atomic mass is 79.9. The second kappa shape index (κ2) is 5.98. The molecule has 0 rings (SSSR count). The van der Waals surface area contributed by atoms with Crippen molar-refractivity contribution >= 4 is 21.8 Å². The van der Waals surface area contributed by atoms with Gasteiger partial charge in [0.15, 0.2) is 0 Å². The third-order valence-electron chi connectivity index (χ3n) is 1.62. The van der Waals surface area contributed by atoms with Gasteiger partial charge in [0.05, 0.1) is 17.3 Å². The topological polar surface area (TPSA) is 52.9 Å². The first-order valence-electron chi connectivity index (χ1n) is 4.30. The lowest BCUT2D eigenvalue weighted by Crippen LogP contribution is -2.39. The fourth-order valence-electron chi connectivity index (χ4n) is 0.813. The Labute approximate surface area is 87.6 Å². The predicted octanol–water partition coefficient (Wildman–Crippen LogP) is 1.82. The van der Waals surface area contributed by atoms with Crippen LogP contribution in [-0.4, -0.2) is 16.8 Å². The number of alkyl halides is 1. The molecular formula is C9H15BrN2O. The third kappa shape index (κ3) is 4.89. The number of nitrogens with zero attached hydrogens (tertiary/aromatic N) is 1. The van der Waals surface area contributed by atoms with E-state index < -0.39 is 0 Å². The van der Waals surface area contributed by atoms with Crippen molar-refractivity contribution in [3.05, 3.63) is 0 Å². The Bertz CT molecular complexity index is 210. The number of nitriles is 1. The molecule has 0 aliphatic rings. The van der Waals surface area contributed by atoms with E-state index in [2.05, 4.69) is 21.2 Å². The van der Waals surface area contributed by atoms with Crippen LogP contribution in [0.4, 0.5) is 0 Å². The highest BCUT2D eigenvalue weighted by Gasteiger charge is 2.19. The molecule has 0 aliphatic heterocycles. The second-order valence-electron chi connectivity index (χ2n) is 3.42.